The van der Waals surface area contributed by atoms with Crippen LogP contribution in [0.4, 0.5) is 5.82 Å². The number of pyridine rings is 1. The molecule has 6 nitrogen and oxygen atoms in total. The third-order valence-corrected chi connectivity index (χ3v) is 5.62. The normalized spacial score (nSPS) is 19.8. The number of morpholine rings is 1. The molecule has 1 aliphatic heterocycles. The number of nitrogens with zero attached hydrogens (tertiary/aromatic N) is 3. The molecule has 1 amide bonds. The number of hydrogen-bond acceptors (Lipinski definition) is 5. The van der Waals surface area contributed by atoms with Gasteiger partial charge in [-0.15, -0.1) is 0 Å². The van der Waals surface area contributed by atoms with Gasteiger partial charge < -0.3 is 19.9 Å². The van der Waals surface area contributed by atoms with Crippen LogP contribution in [0.2, 0.25) is 5.02 Å². The van der Waals surface area contributed by atoms with Crippen LogP contribution in [0.3, 0.4) is 0 Å². The zero-order valence-corrected chi connectivity index (χ0v) is 16.5. The van der Waals surface area contributed by atoms with E-state index in [9.17, 15) is 4.79 Å². The first kappa shape index (κ1) is 19.4. The van der Waals surface area contributed by atoms with Crippen molar-refractivity contribution >= 4 is 23.3 Å². The number of hydrogen-bond donors (Lipinski definition) is 1. The fourth-order valence-corrected chi connectivity index (χ4v) is 4.32. The van der Waals surface area contributed by atoms with Gasteiger partial charge in [0.1, 0.15) is 5.82 Å². The van der Waals surface area contributed by atoms with Crippen LogP contribution >= 0.6 is 11.6 Å². The van der Waals surface area contributed by atoms with E-state index in [-0.39, 0.29) is 11.3 Å². The topological polar surface area (TPSA) is 57.7 Å². The van der Waals surface area contributed by atoms with Crippen molar-refractivity contribution in [1.29, 1.82) is 0 Å². The van der Waals surface area contributed by atoms with Gasteiger partial charge in [-0.25, -0.2) is 4.98 Å². The zero-order chi connectivity index (χ0) is 18.6. The summed E-state index contributed by atoms with van der Waals surface area (Å²) in [5.41, 5.74) is 0.808. The molecule has 0 aromatic carbocycles. The molecule has 144 valence electrons. The van der Waals surface area contributed by atoms with Gasteiger partial charge >= 0.3 is 0 Å². The maximum atomic E-state index is 12.5. The van der Waals surface area contributed by atoms with Crippen molar-refractivity contribution < 1.29 is 9.53 Å². The maximum Gasteiger partial charge on any atom is 0.255 e. The molecule has 0 bridgehead atoms. The van der Waals surface area contributed by atoms with Gasteiger partial charge in [0.05, 0.1) is 23.8 Å². The number of carbonyl (C=O) groups is 1. The highest BCUT2D eigenvalue weighted by atomic mass is 35.5. The molecule has 2 aliphatic rings. The molecule has 1 aromatic heterocycles. The summed E-state index contributed by atoms with van der Waals surface area (Å²) in [6.45, 7) is 4.31. The van der Waals surface area contributed by atoms with Crippen LogP contribution in [0, 0.1) is 5.41 Å². The van der Waals surface area contributed by atoms with Gasteiger partial charge in [-0.3, -0.25) is 4.79 Å². The Kier molecular flexibility index (Phi) is 6.37. The molecule has 0 radical (unpaired) electrons. The summed E-state index contributed by atoms with van der Waals surface area (Å²) in [4.78, 5) is 21.0. The first-order valence-corrected chi connectivity index (χ1v) is 9.78. The quantitative estimate of drug-likeness (QED) is 0.822. The smallest absolute Gasteiger partial charge is 0.255 e. The van der Waals surface area contributed by atoms with Gasteiger partial charge in [0.25, 0.3) is 5.91 Å². The van der Waals surface area contributed by atoms with Gasteiger partial charge in [-0.05, 0) is 33.0 Å². The molecule has 2 heterocycles. The molecule has 0 atom stereocenters. The lowest BCUT2D eigenvalue weighted by molar-refractivity contribution is 0.0302. The minimum absolute atomic E-state index is 0.0332. The largest absolute Gasteiger partial charge is 0.378 e. The first-order valence-electron chi connectivity index (χ1n) is 9.40. The van der Waals surface area contributed by atoms with Crippen molar-refractivity contribution in [1.82, 2.24) is 14.8 Å². The number of carbonyl (C=O) groups excluding carboxylic acids is 1. The molecule has 1 N–H and O–H groups in total. The Labute approximate surface area is 160 Å². The number of aromatic nitrogens is 1. The number of rotatable bonds is 6. The van der Waals surface area contributed by atoms with E-state index in [1.807, 2.05) is 0 Å². The van der Waals surface area contributed by atoms with E-state index in [2.05, 4.69) is 29.3 Å². The van der Waals surface area contributed by atoms with Gasteiger partial charge in [-0.2, -0.15) is 0 Å². The third-order valence-electron chi connectivity index (χ3n) is 5.33. The minimum atomic E-state index is -0.0332. The molecule has 1 saturated heterocycles. The van der Waals surface area contributed by atoms with Crippen molar-refractivity contribution in [3.05, 3.63) is 22.8 Å². The van der Waals surface area contributed by atoms with E-state index in [4.69, 9.17) is 16.3 Å². The standard InChI is InChI=1S/C19H29ClN4O2/c1-23(2)14-19(5-3-4-6-19)13-22-17-16(20)11-15(12-21-17)18(25)24-7-9-26-10-8-24/h11-12H,3-10,13-14H2,1-2H3,(H,21,22). The van der Waals surface area contributed by atoms with Crippen LogP contribution in [-0.2, 0) is 4.74 Å². The second kappa shape index (κ2) is 8.55. The lowest BCUT2D eigenvalue weighted by Crippen LogP contribution is -2.40. The monoisotopic (exact) mass is 380 g/mol. The van der Waals surface area contributed by atoms with Gasteiger partial charge in [0.15, 0.2) is 0 Å². The van der Waals surface area contributed by atoms with Crippen LogP contribution in [0.15, 0.2) is 12.3 Å². The van der Waals surface area contributed by atoms with Crippen LogP contribution < -0.4 is 5.32 Å². The Morgan fingerprint density at radius 3 is 2.65 bits per heavy atom. The highest BCUT2D eigenvalue weighted by Gasteiger charge is 2.34. The molecular formula is C19H29ClN4O2. The molecular weight excluding hydrogens is 352 g/mol. The fraction of sp³-hybridized carbons (Fsp3) is 0.684. The average molecular weight is 381 g/mol. The molecule has 0 unspecified atom stereocenters. The SMILES string of the molecule is CN(C)CC1(CNc2ncc(C(=O)N3CCOCC3)cc2Cl)CCCC1. The Hall–Kier alpha value is -1.37. The number of amides is 1. The second-order valence-electron chi connectivity index (χ2n) is 7.76. The Morgan fingerprint density at radius 1 is 1.35 bits per heavy atom. The van der Waals surface area contributed by atoms with Crippen LogP contribution in [0.5, 0.6) is 0 Å². The van der Waals surface area contributed by atoms with Gasteiger partial charge in [0, 0.05) is 37.8 Å². The van der Waals surface area contributed by atoms with E-state index in [1.165, 1.54) is 25.7 Å². The van der Waals surface area contributed by atoms with Crippen molar-refractivity contribution in [2.75, 3.05) is 58.8 Å². The van der Waals surface area contributed by atoms with E-state index in [0.29, 0.717) is 42.7 Å². The highest BCUT2D eigenvalue weighted by Crippen LogP contribution is 2.39. The Balaban J connectivity index is 1.64. The molecule has 3 rings (SSSR count). The Morgan fingerprint density at radius 2 is 2.04 bits per heavy atom. The predicted octanol–water partition coefficient (Wildman–Crippen LogP) is 2.74. The number of nitrogens with one attached hydrogen (secondary N) is 1. The molecule has 7 heteroatoms. The van der Waals surface area contributed by atoms with Crippen molar-refractivity contribution in [2.45, 2.75) is 25.7 Å². The third kappa shape index (κ3) is 4.67. The van der Waals surface area contributed by atoms with Crippen LogP contribution in [-0.4, -0.2) is 74.2 Å². The Bertz CT molecular complexity index is 626. The molecule has 1 saturated carbocycles. The average Bonchev–Trinajstić information content (AvgIpc) is 3.08. The molecule has 26 heavy (non-hydrogen) atoms. The van der Waals surface area contributed by atoms with Crippen LogP contribution in [0.1, 0.15) is 36.0 Å². The lowest BCUT2D eigenvalue weighted by atomic mass is 9.85. The summed E-state index contributed by atoms with van der Waals surface area (Å²) in [7, 11) is 4.24. The summed E-state index contributed by atoms with van der Waals surface area (Å²) in [5, 5.41) is 3.93. The van der Waals surface area contributed by atoms with E-state index >= 15 is 0 Å². The molecule has 0 spiro atoms. The van der Waals surface area contributed by atoms with Gasteiger partial charge in [-0.1, -0.05) is 24.4 Å². The highest BCUT2D eigenvalue weighted by molar-refractivity contribution is 6.33. The van der Waals surface area contributed by atoms with Gasteiger partial charge in [0.2, 0.25) is 0 Å². The minimum Gasteiger partial charge on any atom is -0.378 e. The van der Waals surface area contributed by atoms with E-state index in [0.717, 1.165) is 13.1 Å². The summed E-state index contributed by atoms with van der Waals surface area (Å²) >= 11 is 6.42. The van der Waals surface area contributed by atoms with E-state index < -0.39 is 0 Å². The molecule has 1 aliphatic carbocycles. The zero-order valence-electron chi connectivity index (χ0n) is 15.8. The van der Waals surface area contributed by atoms with Crippen molar-refractivity contribution in [3.63, 3.8) is 0 Å². The summed E-state index contributed by atoms with van der Waals surface area (Å²) < 4.78 is 5.30. The fourth-order valence-electron chi connectivity index (χ4n) is 4.09. The molecule has 2 fully saturated rings. The summed E-state index contributed by atoms with van der Waals surface area (Å²) in [6, 6.07) is 1.72. The predicted molar refractivity (Wildman–Crippen MR) is 104 cm³/mol. The van der Waals surface area contributed by atoms with E-state index in [1.54, 1.807) is 17.2 Å². The summed E-state index contributed by atoms with van der Waals surface area (Å²) in [6.07, 6.45) is 6.64. The second-order valence-corrected chi connectivity index (χ2v) is 8.16. The molecule has 1 aromatic rings. The number of anilines is 1. The van der Waals surface area contributed by atoms with Crippen molar-refractivity contribution in [2.24, 2.45) is 5.41 Å². The number of ether oxygens (including phenoxy) is 1. The maximum absolute atomic E-state index is 12.5. The van der Waals surface area contributed by atoms with Crippen LogP contribution in [0.25, 0.3) is 0 Å². The van der Waals surface area contributed by atoms with Crippen molar-refractivity contribution in [3.8, 4) is 0 Å². The lowest BCUT2D eigenvalue weighted by Gasteiger charge is -2.32. The first-order chi connectivity index (χ1) is 12.5. The number of halogens is 1. The summed E-state index contributed by atoms with van der Waals surface area (Å²) in [5.74, 6) is 0.629.